The number of amides is 1. The SMILES string of the molecule is CCOC(=O)C(c1ccccc1)N1C(=O)/C(=C/c2ccc(C(=O)O)cc2)SC1=S. The highest BCUT2D eigenvalue weighted by Crippen LogP contribution is 2.38. The maximum Gasteiger partial charge on any atom is 0.335 e. The van der Waals surface area contributed by atoms with E-state index in [1.165, 1.54) is 17.0 Å². The van der Waals surface area contributed by atoms with Gasteiger partial charge in [-0.3, -0.25) is 9.69 Å². The molecule has 0 saturated carbocycles. The van der Waals surface area contributed by atoms with Gasteiger partial charge in [0.15, 0.2) is 6.04 Å². The summed E-state index contributed by atoms with van der Waals surface area (Å²) in [6, 6.07) is 14.0. The second-order valence-corrected chi connectivity index (χ2v) is 7.72. The van der Waals surface area contributed by atoms with Gasteiger partial charge in [-0.1, -0.05) is 66.4 Å². The normalized spacial score (nSPS) is 16.2. The Morgan fingerprint density at radius 3 is 2.41 bits per heavy atom. The summed E-state index contributed by atoms with van der Waals surface area (Å²) in [6.07, 6.45) is 1.62. The average molecular weight is 428 g/mol. The van der Waals surface area contributed by atoms with Crippen LogP contribution in [0.3, 0.4) is 0 Å². The lowest BCUT2D eigenvalue weighted by atomic mass is 10.1. The Morgan fingerprint density at radius 1 is 1.17 bits per heavy atom. The molecule has 1 N–H and O–H groups in total. The number of thiocarbonyl (C=S) groups is 1. The van der Waals surface area contributed by atoms with Crippen LogP contribution in [-0.2, 0) is 14.3 Å². The van der Waals surface area contributed by atoms with E-state index in [2.05, 4.69) is 0 Å². The molecule has 1 aliphatic rings. The molecule has 2 aromatic carbocycles. The van der Waals surface area contributed by atoms with Gasteiger partial charge in [-0.2, -0.15) is 0 Å². The summed E-state index contributed by atoms with van der Waals surface area (Å²) in [7, 11) is 0. The molecule has 1 aliphatic heterocycles. The quantitative estimate of drug-likeness (QED) is 0.425. The number of rotatable bonds is 6. The fourth-order valence-electron chi connectivity index (χ4n) is 2.82. The van der Waals surface area contributed by atoms with E-state index in [1.54, 1.807) is 49.4 Å². The Labute approximate surface area is 177 Å². The molecule has 6 nitrogen and oxygen atoms in total. The van der Waals surface area contributed by atoms with Crippen LogP contribution in [0.4, 0.5) is 0 Å². The van der Waals surface area contributed by atoms with Crippen LogP contribution in [0.5, 0.6) is 0 Å². The number of hydrogen-bond acceptors (Lipinski definition) is 6. The number of carbonyl (C=O) groups is 3. The number of aromatic carboxylic acids is 1. The second kappa shape index (κ2) is 9.02. The summed E-state index contributed by atoms with van der Waals surface area (Å²) in [5.41, 5.74) is 1.42. The molecule has 1 amide bonds. The van der Waals surface area contributed by atoms with E-state index in [9.17, 15) is 14.4 Å². The van der Waals surface area contributed by atoms with E-state index in [1.807, 2.05) is 6.07 Å². The fraction of sp³-hybridized carbons (Fsp3) is 0.143. The Hall–Kier alpha value is -2.97. The topological polar surface area (TPSA) is 83.9 Å². The molecular formula is C21H17NO5S2. The van der Waals surface area contributed by atoms with Crippen molar-refractivity contribution in [1.29, 1.82) is 0 Å². The van der Waals surface area contributed by atoms with Crippen LogP contribution in [0.25, 0.3) is 6.08 Å². The van der Waals surface area contributed by atoms with Crippen molar-refractivity contribution in [3.05, 3.63) is 76.2 Å². The number of carboxylic acid groups (broad SMARTS) is 1. The predicted octanol–water partition coefficient (Wildman–Crippen LogP) is 3.89. The number of benzene rings is 2. The van der Waals surface area contributed by atoms with Gasteiger partial charge in [-0.05, 0) is 36.3 Å². The molecule has 0 aliphatic carbocycles. The van der Waals surface area contributed by atoms with Crippen LogP contribution < -0.4 is 0 Å². The smallest absolute Gasteiger partial charge is 0.335 e. The van der Waals surface area contributed by atoms with Crippen molar-refractivity contribution in [2.45, 2.75) is 13.0 Å². The van der Waals surface area contributed by atoms with E-state index in [4.69, 9.17) is 22.1 Å². The highest BCUT2D eigenvalue weighted by molar-refractivity contribution is 8.26. The van der Waals surface area contributed by atoms with Crippen LogP contribution >= 0.6 is 24.0 Å². The van der Waals surface area contributed by atoms with Gasteiger partial charge in [-0.15, -0.1) is 0 Å². The first kappa shape index (κ1) is 20.8. The summed E-state index contributed by atoms with van der Waals surface area (Å²) in [5.74, 6) is -1.98. The molecule has 1 fully saturated rings. The van der Waals surface area contributed by atoms with Crippen molar-refractivity contribution in [2.24, 2.45) is 0 Å². The first-order valence-electron chi connectivity index (χ1n) is 8.74. The molecule has 1 saturated heterocycles. The second-order valence-electron chi connectivity index (χ2n) is 6.04. The molecular weight excluding hydrogens is 410 g/mol. The monoisotopic (exact) mass is 427 g/mol. The minimum Gasteiger partial charge on any atom is -0.478 e. The molecule has 2 aromatic rings. The molecule has 148 valence electrons. The molecule has 0 radical (unpaired) electrons. The average Bonchev–Trinajstić information content (AvgIpc) is 2.97. The van der Waals surface area contributed by atoms with Gasteiger partial charge in [0, 0.05) is 0 Å². The molecule has 8 heteroatoms. The van der Waals surface area contributed by atoms with Crippen molar-refractivity contribution in [1.82, 2.24) is 4.90 Å². The number of carboxylic acids is 1. The lowest BCUT2D eigenvalue weighted by molar-refractivity contribution is -0.151. The van der Waals surface area contributed by atoms with Gasteiger partial charge >= 0.3 is 11.9 Å². The molecule has 29 heavy (non-hydrogen) atoms. The number of carbonyl (C=O) groups excluding carboxylic acids is 2. The summed E-state index contributed by atoms with van der Waals surface area (Å²) in [6.45, 7) is 1.88. The summed E-state index contributed by atoms with van der Waals surface area (Å²) >= 11 is 6.48. The van der Waals surface area contributed by atoms with Crippen LogP contribution in [0, 0.1) is 0 Å². The number of hydrogen-bond donors (Lipinski definition) is 1. The maximum atomic E-state index is 13.1. The Morgan fingerprint density at radius 2 is 1.83 bits per heavy atom. The van der Waals surface area contributed by atoms with Crippen molar-refractivity contribution in [3.63, 3.8) is 0 Å². The Kier molecular flexibility index (Phi) is 6.46. The zero-order chi connectivity index (χ0) is 21.0. The predicted molar refractivity (Wildman–Crippen MR) is 114 cm³/mol. The lowest BCUT2D eigenvalue weighted by Crippen LogP contribution is -2.38. The van der Waals surface area contributed by atoms with Crippen molar-refractivity contribution >= 4 is 52.2 Å². The maximum absolute atomic E-state index is 13.1. The van der Waals surface area contributed by atoms with E-state index >= 15 is 0 Å². The minimum atomic E-state index is -1.02. The van der Waals surface area contributed by atoms with Crippen LogP contribution in [0.1, 0.15) is 34.5 Å². The first-order chi connectivity index (χ1) is 13.9. The van der Waals surface area contributed by atoms with Crippen molar-refractivity contribution < 1.29 is 24.2 Å². The summed E-state index contributed by atoms with van der Waals surface area (Å²) in [5, 5.41) is 9.00. The fourth-order valence-corrected chi connectivity index (χ4v) is 4.14. The molecule has 3 rings (SSSR count). The number of esters is 1. The van der Waals surface area contributed by atoms with Crippen molar-refractivity contribution in [3.8, 4) is 0 Å². The molecule has 0 bridgehead atoms. The van der Waals surface area contributed by atoms with Crippen LogP contribution in [-0.4, -0.2) is 38.8 Å². The molecule has 1 heterocycles. The van der Waals surface area contributed by atoms with Gasteiger partial charge in [0.2, 0.25) is 0 Å². The number of thioether (sulfide) groups is 1. The zero-order valence-electron chi connectivity index (χ0n) is 15.4. The highest BCUT2D eigenvalue weighted by Gasteiger charge is 2.42. The van der Waals surface area contributed by atoms with E-state index < -0.39 is 23.9 Å². The highest BCUT2D eigenvalue weighted by atomic mass is 32.2. The van der Waals surface area contributed by atoms with E-state index in [0.29, 0.717) is 16.0 Å². The number of nitrogens with zero attached hydrogens (tertiary/aromatic N) is 1. The third-order valence-corrected chi connectivity index (χ3v) is 5.49. The van der Waals surface area contributed by atoms with Crippen molar-refractivity contribution in [2.75, 3.05) is 6.61 Å². The largest absolute Gasteiger partial charge is 0.478 e. The lowest BCUT2D eigenvalue weighted by Gasteiger charge is -2.25. The summed E-state index contributed by atoms with van der Waals surface area (Å²) in [4.78, 5) is 38.3. The van der Waals surface area contributed by atoms with Crippen LogP contribution in [0.15, 0.2) is 59.5 Å². The zero-order valence-corrected chi connectivity index (χ0v) is 17.0. The van der Waals surface area contributed by atoms with Gasteiger partial charge in [-0.25, -0.2) is 9.59 Å². The third kappa shape index (κ3) is 4.55. The van der Waals surface area contributed by atoms with Crippen LogP contribution in [0.2, 0.25) is 0 Å². The minimum absolute atomic E-state index is 0.154. The van der Waals surface area contributed by atoms with Gasteiger partial charge in [0.05, 0.1) is 17.1 Å². The molecule has 0 spiro atoms. The van der Waals surface area contributed by atoms with Gasteiger partial charge in [0.1, 0.15) is 4.32 Å². The van der Waals surface area contributed by atoms with Gasteiger partial charge in [0.25, 0.3) is 5.91 Å². The number of ether oxygens (including phenoxy) is 1. The standard InChI is InChI=1S/C21H17NO5S2/c1-2-27-20(26)17(14-6-4-3-5-7-14)22-18(23)16(29-21(22)28)12-13-8-10-15(11-9-13)19(24)25/h3-12,17H,2H2,1H3,(H,24,25)/b16-12-. The third-order valence-electron chi connectivity index (χ3n) is 4.16. The molecule has 1 unspecified atom stereocenters. The van der Waals surface area contributed by atoms with E-state index in [0.717, 1.165) is 11.8 Å². The summed E-state index contributed by atoms with van der Waals surface area (Å²) < 4.78 is 5.43. The Bertz CT molecular complexity index is 986. The Balaban J connectivity index is 1.93. The van der Waals surface area contributed by atoms with Gasteiger partial charge < -0.3 is 9.84 Å². The van der Waals surface area contributed by atoms with E-state index in [-0.39, 0.29) is 16.5 Å². The molecule has 1 atom stereocenters. The molecule has 0 aromatic heterocycles. The first-order valence-corrected chi connectivity index (χ1v) is 9.97.